The van der Waals surface area contributed by atoms with Gasteiger partial charge in [0.15, 0.2) is 0 Å². The van der Waals surface area contributed by atoms with Gasteiger partial charge in [0.1, 0.15) is 0 Å². The van der Waals surface area contributed by atoms with Crippen LogP contribution in [0.25, 0.3) is 10.9 Å². The lowest BCUT2D eigenvalue weighted by atomic mass is 10.1. The Morgan fingerprint density at radius 1 is 1.54 bits per heavy atom. The molecule has 1 heterocycles. The highest BCUT2D eigenvalue weighted by molar-refractivity contribution is 5.85. The van der Waals surface area contributed by atoms with Crippen molar-refractivity contribution in [3.8, 4) is 0 Å². The lowest BCUT2D eigenvalue weighted by Gasteiger charge is -1.97. The first-order valence-corrected chi connectivity index (χ1v) is 3.90. The predicted molar refractivity (Wildman–Crippen MR) is 47.4 cm³/mol. The van der Waals surface area contributed by atoms with Crippen LogP contribution in [0.15, 0.2) is 24.4 Å². The minimum Gasteiger partial charge on any atom is -0.481 e. The second-order valence-corrected chi connectivity index (χ2v) is 2.82. The van der Waals surface area contributed by atoms with Crippen molar-refractivity contribution in [2.24, 2.45) is 0 Å². The summed E-state index contributed by atoms with van der Waals surface area (Å²) in [6.07, 6.45) is 1.68. The Morgan fingerprint density at radius 3 is 3.15 bits per heavy atom. The minimum atomic E-state index is -0.825. The Labute approximate surface area is 74.2 Å². The number of carbonyl (C=O) groups is 1. The third-order valence-electron chi connectivity index (χ3n) is 1.92. The van der Waals surface area contributed by atoms with Crippen LogP contribution in [0.5, 0.6) is 0 Å². The van der Waals surface area contributed by atoms with E-state index < -0.39 is 5.97 Å². The molecule has 2 aromatic rings. The van der Waals surface area contributed by atoms with Crippen LogP contribution < -0.4 is 0 Å². The summed E-state index contributed by atoms with van der Waals surface area (Å²) in [7, 11) is 0. The number of aromatic nitrogens is 2. The summed E-state index contributed by atoms with van der Waals surface area (Å²) in [5.74, 6) is -0.825. The van der Waals surface area contributed by atoms with Gasteiger partial charge >= 0.3 is 5.97 Å². The van der Waals surface area contributed by atoms with Crippen molar-refractivity contribution in [1.82, 2.24) is 10.2 Å². The molecule has 0 aliphatic heterocycles. The SMILES string of the molecule is O=C(O)Cc1cccc2[nH]ncc12. The van der Waals surface area contributed by atoms with Gasteiger partial charge in [0.2, 0.25) is 0 Å². The van der Waals surface area contributed by atoms with E-state index in [0.29, 0.717) is 0 Å². The number of carboxylic acids is 1. The largest absolute Gasteiger partial charge is 0.481 e. The molecule has 1 aromatic carbocycles. The maximum Gasteiger partial charge on any atom is 0.307 e. The molecule has 0 spiro atoms. The van der Waals surface area contributed by atoms with Gasteiger partial charge in [0.25, 0.3) is 0 Å². The van der Waals surface area contributed by atoms with E-state index in [1.54, 1.807) is 12.3 Å². The lowest BCUT2D eigenvalue weighted by Crippen LogP contribution is -1.99. The summed E-state index contributed by atoms with van der Waals surface area (Å²) in [6.45, 7) is 0. The third-order valence-corrected chi connectivity index (χ3v) is 1.92. The predicted octanol–water partition coefficient (Wildman–Crippen LogP) is 1.19. The zero-order chi connectivity index (χ0) is 9.26. The maximum absolute atomic E-state index is 10.5. The molecule has 0 radical (unpaired) electrons. The number of hydrogen-bond acceptors (Lipinski definition) is 2. The highest BCUT2D eigenvalue weighted by Crippen LogP contribution is 2.16. The van der Waals surface area contributed by atoms with Crippen LogP contribution in [0, 0.1) is 0 Å². The number of rotatable bonds is 2. The highest BCUT2D eigenvalue weighted by atomic mass is 16.4. The zero-order valence-electron chi connectivity index (χ0n) is 6.82. The van der Waals surface area contributed by atoms with Gasteiger partial charge in [-0.3, -0.25) is 9.89 Å². The standard InChI is InChI=1S/C9H8N2O2/c12-9(13)4-6-2-1-3-8-7(6)5-10-11-8/h1-3,5H,4H2,(H,10,11)(H,12,13). The quantitative estimate of drug-likeness (QED) is 0.722. The molecule has 2 N–H and O–H groups in total. The normalized spacial score (nSPS) is 10.5. The van der Waals surface area contributed by atoms with Gasteiger partial charge in [-0.1, -0.05) is 12.1 Å². The number of aliphatic carboxylic acids is 1. The molecule has 4 heteroatoms. The molecule has 0 amide bonds. The Bertz CT molecular complexity index is 448. The van der Waals surface area contributed by atoms with Gasteiger partial charge in [-0.2, -0.15) is 5.10 Å². The Balaban J connectivity index is 2.54. The molecule has 66 valence electrons. The number of aromatic amines is 1. The number of nitrogens with one attached hydrogen (secondary N) is 1. The fourth-order valence-corrected chi connectivity index (χ4v) is 1.35. The fourth-order valence-electron chi connectivity index (χ4n) is 1.35. The van der Waals surface area contributed by atoms with Gasteiger partial charge < -0.3 is 5.11 Å². The van der Waals surface area contributed by atoms with Gasteiger partial charge in [-0.25, -0.2) is 0 Å². The number of H-pyrrole nitrogens is 1. The van der Waals surface area contributed by atoms with Crippen molar-refractivity contribution in [2.45, 2.75) is 6.42 Å². The molecule has 2 rings (SSSR count). The fraction of sp³-hybridized carbons (Fsp3) is 0.111. The molecule has 0 saturated heterocycles. The van der Waals surface area contributed by atoms with E-state index in [2.05, 4.69) is 10.2 Å². The maximum atomic E-state index is 10.5. The first-order chi connectivity index (χ1) is 6.27. The summed E-state index contributed by atoms with van der Waals surface area (Å²) >= 11 is 0. The van der Waals surface area contributed by atoms with Crippen LogP contribution in [0.3, 0.4) is 0 Å². The molecular formula is C9H8N2O2. The second-order valence-electron chi connectivity index (χ2n) is 2.82. The van der Waals surface area contributed by atoms with E-state index in [-0.39, 0.29) is 6.42 Å². The van der Waals surface area contributed by atoms with Crippen LogP contribution >= 0.6 is 0 Å². The van der Waals surface area contributed by atoms with Crippen LogP contribution in [0.2, 0.25) is 0 Å². The van der Waals surface area contributed by atoms with Crippen molar-refractivity contribution in [3.05, 3.63) is 30.0 Å². The van der Waals surface area contributed by atoms with Crippen molar-refractivity contribution in [2.75, 3.05) is 0 Å². The second kappa shape index (κ2) is 2.90. The molecule has 0 saturated carbocycles. The van der Waals surface area contributed by atoms with Crippen LogP contribution in [0.4, 0.5) is 0 Å². The average molecular weight is 176 g/mol. The van der Waals surface area contributed by atoms with E-state index in [9.17, 15) is 4.79 Å². The third kappa shape index (κ3) is 1.38. The molecule has 0 aliphatic carbocycles. The Morgan fingerprint density at radius 2 is 2.38 bits per heavy atom. The van der Waals surface area contributed by atoms with E-state index in [1.165, 1.54) is 0 Å². The Kier molecular flexibility index (Phi) is 1.73. The van der Waals surface area contributed by atoms with Crippen molar-refractivity contribution >= 4 is 16.9 Å². The number of benzene rings is 1. The Hall–Kier alpha value is -1.84. The van der Waals surface area contributed by atoms with E-state index in [4.69, 9.17) is 5.11 Å². The summed E-state index contributed by atoms with van der Waals surface area (Å²) < 4.78 is 0. The van der Waals surface area contributed by atoms with Crippen molar-refractivity contribution < 1.29 is 9.90 Å². The molecule has 0 aliphatic rings. The summed E-state index contributed by atoms with van der Waals surface area (Å²) in [4.78, 5) is 10.5. The minimum absolute atomic E-state index is 0.0386. The zero-order valence-corrected chi connectivity index (χ0v) is 6.82. The number of carboxylic acid groups (broad SMARTS) is 1. The topological polar surface area (TPSA) is 66.0 Å². The van der Waals surface area contributed by atoms with E-state index >= 15 is 0 Å². The number of fused-ring (bicyclic) bond motifs is 1. The van der Waals surface area contributed by atoms with Gasteiger partial charge in [-0.15, -0.1) is 0 Å². The molecule has 4 nitrogen and oxygen atoms in total. The van der Waals surface area contributed by atoms with Crippen LogP contribution in [0.1, 0.15) is 5.56 Å². The average Bonchev–Trinajstić information content (AvgIpc) is 2.51. The van der Waals surface area contributed by atoms with Crippen molar-refractivity contribution in [1.29, 1.82) is 0 Å². The molecule has 0 bridgehead atoms. The molecule has 1 aromatic heterocycles. The van der Waals surface area contributed by atoms with Crippen LogP contribution in [-0.2, 0) is 11.2 Å². The molecule has 13 heavy (non-hydrogen) atoms. The summed E-state index contributed by atoms with van der Waals surface area (Å²) in [6, 6.07) is 5.48. The van der Waals surface area contributed by atoms with Gasteiger partial charge in [0, 0.05) is 5.39 Å². The molecule has 0 fully saturated rings. The first-order valence-electron chi connectivity index (χ1n) is 3.90. The van der Waals surface area contributed by atoms with E-state index in [1.807, 2.05) is 12.1 Å². The molecule has 0 unspecified atom stereocenters. The monoisotopic (exact) mass is 176 g/mol. The molecule has 0 atom stereocenters. The first kappa shape index (κ1) is 7.79. The highest BCUT2D eigenvalue weighted by Gasteiger charge is 2.05. The van der Waals surface area contributed by atoms with Crippen molar-refractivity contribution in [3.63, 3.8) is 0 Å². The van der Waals surface area contributed by atoms with E-state index in [0.717, 1.165) is 16.5 Å². The van der Waals surface area contributed by atoms with Gasteiger partial charge in [-0.05, 0) is 11.6 Å². The summed E-state index contributed by atoms with van der Waals surface area (Å²) in [5.41, 5.74) is 1.66. The lowest BCUT2D eigenvalue weighted by molar-refractivity contribution is -0.136. The van der Waals surface area contributed by atoms with Crippen LogP contribution in [-0.4, -0.2) is 21.3 Å². The smallest absolute Gasteiger partial charge is 0.307 e. The summed E-state index contributed by atoms with van der Waals surface area (Å²) in [5, 5.41) is 16.2. The van der Waals surface area contributed by atoms with Gasteiger partial charge in [0.05, 0.1) is 18.1 Å². The molecular weight excluding hydrogens is 168 g/mol. The number of hydrogen-bond donors (Lipinski definition) is 2. The number of nitrogens with zero attached hydrogens (tertiary/aromatic N) is 1.